The Kier molecular flexibility index (Phi) is 5.31. The van der Waals surface area contributed by atoms with Crippen molar-refractivity contribution in [2.24, 2.45) is 0 Å². The Hall–Kier alpha value is -3.15. The van der Waals surface area contributed by atoms with Crippen LogP contribution in [0, 0.1) is 0 Å². The van der Waals surface area contributed by atoms with Crippen LogP contribution in [0.1, 0.15) is 5.56 Å². The molecule has 6 nitrogen and oxygen atoms in total. The van der Waals surface area contributed by atoms with E-state index in [4.69, 9.17) is 9.47 Å². The molecule has 1 amide bonds. The maximum Gasteiger partial charge on any atom is 0.406 e. The second-order valence-electron chi connectivity index (χ2n) is 5.75. The number of carbonyl (C=O) groups is 1. The molecule has 1 N–H and O–H groups in total. The molecule has 0 aliphatic rings. The molecule has 0 fully saturated rings. The van der Waals surface area contributed by atoms with E-state index in [1.54, 1.807) is 14.2 Å². The lowest BCUT2D eigenvalue weighted by atomic mass is 10.1. The van der Waals surface area contributed by atoms with E-state index in [9.17, 15) is 4.79 Å². The molecule has 0 radical (unpaired) electrons. The summed E-state index contributed by atoms with van der Waals surface area (Å²) in [4.78, 5) is 11.3. The Balaban J connectivity index is 1.98. The van der Waals surface area contributed by atoms with Crippen molar-refractivity contribution in [2.75, 3.05) is 27.9 Å². The largest absolute Gasteiger partial charge is 0.493 e. The number of nitrogens with one attached hydrogen (secondary N) is 1. The van der Waals surface area contributed by atoms with Gasteiger partial charge < -0.3 is 24.1 Å². The third kappa shape index (κ3) is 3.44. The van der Waals surface area contributed by atoms with Gasteiger partial charge in [0.05, 0.1) is 26.8 Å². The Morgan fingerprint density at radius 2 is 1.81 bits per heavy atom. The van der Waals surface area contributed by atoms with Gasteiger partial charge in [0.25, 0.3) is 0 Å². The van der Waals surface area contributed by atoms with Crippen LogP contribution in [0.2, 0.25) is 0 Å². The average molecular weight is 354 g/mol. The van der Waals surface area contributed by atoms with Gasteiger partial charge in [-0.3, -0.25) is 0 Å². The minimum absolute atomic E-state index is 0.423. The van der Waals surface area contributed by atoms with Crippen molar-refractivity contribution >= 4 is 17.0 Å². The van der Waals surface area contributed by atoms with Gasteiger partial charge >= 0.3 is 6.09 Å². The third-order valence-electron chi connectivity index (χ3n) is 4.29. The van der Waals surface area contributed by atoms with Crippen molar-refractivity contribution in [1.29, 1.82) is 0 Å². The van der Waals surface area contributed by atoms with E-state index in [-0.39, 0.29) is 0 Å². The highest BCUT2D eigenvalue weighted by atomic mass is 16.5. The highest BCUT2D eigenvalue weighted by molar-refractivity contribution is 5.86. The van der Waals surface area contributed by atoms with Crippen LogP contribution < -0.4 is 14.8 Å². The fourth-order valence-electron chi connectivity index (χ4n) is 3.01. The zero-order valence-electron chi connectivity index (χ0n) is 15.1. The second-order valence-corrected chi connectivity index (χ2v) is 5.75. The minimum atomic E-state index is -0.423. The molecule has 136 valence electrons. The van der Waals surface area contributed by atoms with Crippen molar-refractivity contribution in [3.63, 3.8) is 0 Å². The van der Waals surface area contributed by atoms with E-state index in [0.717, 1.165) is 22.2 Å². The molecule has 6 heteroatoms. The van der Waals surface area contributed by atoms with Crippen molar-refractivity contribution in [1.82, 2.24) is 9.88 Å². The van der Waals surface area contributed by atoms with Gasteiger partial charge in [-0.05, 0) is 30.2 Å². The highest BCUT2D eigenvalue weighted by Crippen LogP contribution is 2.32. The number of methoxy groups -OCH3 is 3. The molecule has 0 aliphatic carbocycles. The van der Waals surface area contributed by atoms with Crippen LogP contribution in [0.3, 0.4) is 0 Å². The maximum atomic E-state index is 11.3. The average Bonchev–Trinajstić information content (AvgIpc) is 3.06. The number of fused-ring (bicyclic) bond motifs is 1. The zero-order valence-corrected chi connectivity index (χ0v) is 15.1. The Labute approximate surface area is 152 Å². The van der Waals surface area contributed by atoms with Gasteiger partial charge in [-0.2, -0.15) is 0 Å². The number of para-hydroxylation sites is 1. The van der Waals surface area contributed by atoms with Crippen LogP contribution in [0.25, 0.3) is 16.6 Å². The van der Waals surface area contributed by atoms with Crippen molar-refractivity contribution < 1.29 is 19.0 Å². The van der Waals surface area contributed by atoms with Crippen LogP contribution in [-0.2, 0) is 11.2 Å². The first-order chi connectivity index (χ1) is 12.7. The number of ether oxygens (including phenoxy) is 3. The first-order valence-corrected chi connectivity index (χ1v) is 8.31. The predicted molar refractivity (Wildman–Crippen MR) is 100 cm³/mol. The fraction of sp³-hybridized carbons (Fsp3) is 0.250. The monoisotopic (exact) mass is 354 g/mol. The summed E-state index contributed by atoms with van der Waals surface area (Å²) in [6, 6.07) is 14.0. The molecule has 2 aromatic carbocycles. The van der Waals surface area contributed by atoms with E-state index in [0.29, 0.717) is 24.5 Å². The van der Waals surface area contributed by atoms with E-state index in [1.165, 1.54) is 7.11 Å². The van der Waals surface area contributed by atoms with Crippen molar-refractivity contribution in [3.8, 4) is 17.2 Å². The van der Waals surface area contributed by atoms with Crippen molar-refractivity contribution in [2.45, 2.75) is 6.42 Å². The lowest BCUT2D eigenvalue weighted by Gasteiger charge is -2.11. The number of alkyl carbamates (subject to hydrolysis) is 1. The van der Waals surface area contributed by atoms with E-state index in [2.05, 4.69) is 33.0 Å². The van der Waals surface area contributed by atoms with Gasteiger partial charge in [-0.25, -0.2) is 4.79 Å². The van der Waals surface area contributed by atoms with E-state index in [1.807, 2.05) is 30.3 Å². The van der Waals surface area contributed by atoms with Crippen LogP contribution in [0.4, 0.5) is 4.79 Å². The highest BCUT2D eigenvalue weighted by Gasteiger charge is 2.12. The number of carbonyl (C=O) groups excluding carboxylic acids is 1. The molecular weight excluding hydrogens is 332 g/mol. The van der Waals surface area contributed by atoms with Crippen LogP contribution in [0.5, 0.6) is 11.5 Å². The first kappa shape index (κ1) is 17.7. The van der Waals surface area contributed by atoms with Gasteiger partial charge in [0, 0.05) is 29.9 Å². The summed E-state index contributed by atoms with van der Waals surface area (Å²) < 4.78 is 17.5. The summed E-state index contributed by atoms with van der Waals surface area (Å²) in [6.07, 6.45) is 2.37. The smallest absolute Gasteiger partial charge is 0.406 e. The molecule has 3 rings (SSSR count). The number of aromatic nitrogens is 1. The molecule has 1 aromatic heterocycles. The molecule has 26 heavy (non-hydrogen) atoms. The summed E-state index contributed by atoms with van der Waals surface area (Å²) >= 11 is 0. The number of hydrogen-bond donors (Lipinski definition) is 1. The normalized spacial score (nSPS) is 10.6. The molecule has 1 heterocycles. The number of hydrogen-bond acceptors (Lipinski definition) is 4. The number of nitrogens with zero attached hydrogens (tertiary/aromatic N) is 1. The number of amides is 1. The summed E-state index contributed by atoms with van der Waals surface area (Å²) in [5.41, 5.74) is 3.21. The van der Waals surface area contributed by atoms with Crippen molar-refractivity contribution in [3.05, 3.63) is 54.2 Å². The molecule has 0 bridgehead atoms. The Morgan fingerprint density at radius 3 is 2.54 bits per heavy atom. The predicted octanol–water partition coefficient (Wildman–Crippen LogP) is 3.55. The summed E-state index contributed by atoms with van der Waals surface area (Å²) in [6.45, 7) is 0.507. The van der Waals surface area contributed by atoms with Gasteiger partial charge in [0.1, 0.15) is 0 Å². The summed E-state index contributed by atoms with van der Waals surface area (Å²) in [5.74, 6) is 1.37. The molecule has 0 saturated heterocycles. The Bertz CT molecular complexity index is 917. The van der Waals surface area contributed by atoms with E-state index < -0.39 is 6.09 Å². The van der Waals surface area contributed by atoms with Crippen LogP contribution in [-0.4, -0.2) is 38.5 Å². The fourth-order valence-corrected chi connectivity index (χ4v) is 3.01. The van der Waals surface area contributed by atoms with Crippen LogP contribution >= 0.6 is 0 Å². The molecule has 0 aliphatic heterocycles. The Morgan fingerprint density at radius 1 is 1.04 bits per heavy atom. The molecule has 0 atom stereocenters. The quantitative estimate of drug-likeness (QED) is 0.735. The molecule has 0 saturated carbocycles. The minimum Gasteiger partial charge on any atom is -0.493 e. The number of rotatable bonds is 6. The lowest BCUT2D eigenvalue weighted by molar-refractivity contribution is 0.171. The molecule has 3 aromatic rings. The van der Waals surface area contributed by atoms with Gasteiger partial charge in [0.2, 0.25) is 0 Å². The van der Waals surface area contributed by atoms with Gasteiger partial charge in [-0.1, -0.05) is 18.2 Å². The number of benzene rings is 2. The lowest BCUT2D eigenvalue weighted by Crippen LogP contribution is -2.25. The zero-order chi connectivity index (χ0) is 18.5. The topological polar surface area (TPSA) is 61.7 Å². The third-order valence-corrected chi connectivity index (χ3v) is 4.29. The molecule has 0 spiro atoms. The maximum absolute atomic E-state index is 11.3. The first-order valence-electron chi connectivity index (χ1n) is 8.31. The SMILES string of the molecule is COC(=O)NCCc1cn(-c2ccc(OC)c(OC)c2)c2ccccc12. The van der Waals surface area contributed by atoms with Crippen LogP contribution in [0.15, 0.2) is 48.7 Å². The second kappa shape index (κ2) is 7.82. The standard InChI is InChI=1S/C20H22N2O4/c1-24-18-9-8-15(12-19(18)25-2)22-13-14(10-11-21-20(23)26-3)16-6-4-5-7-17(16)22/h4-9,12-13H,10-11H2,1-3H3,(H,21,23). The van der Waals surface area contributed by atoms with Gasteiger partial charge in [-0.15, -0.1) is 0 Å². The van der Waals surface area contributed by atoms with E-state index >= 15 is 0 Å². The molecule has 0 unspecified atom stereocenters. The van der Waals surface area contributed by atoms with Gasteiger partial charge in [0.15, 0.2) is 11.5 Å². The summed E-state index contributed by atoms with van der Waals surface area (Å²) in [5, 5.41) is 3.87. The summed E-state index contributed by atoms with van der Waals surface area (Å²) in [7, 11) is 4.60. The molecular formula is C20H22N2O4.